The lowest BCUT2D eigenvalue weighted by Crippen LogP contribution is -2.58. The summed E-state index contributed by atoms with van der Waals surface area (Å²) in [6, 6.07) is 6.98. The van der Waals surface area contributed by atoms with E-state index < -0.39 is 47.6 Å². The average molecular weight is 580 g/mol. The number of rotatable bonds is 7. The molecule has 10 heteroatoms. The van der Waals surface area contributed by atoms with E-state index in [0.29, 0.717) is 25.9 Å². The lowest BCUT2D eigenvalue weighted by molar-refractivity contribution is -0.150. The van der Waals surface area contributed by atoms with Crippen LogP contribution in [0.1, 0.15) is 57.6 Å². The molecular weight excluding hydrogens is 538 g/mol. The quantitative estimate of drug-likeness (QED) is 0.375. The summed E-state index contributed by atoms with van der Waals surface area (Å²) in [4.78, 5) is 58.4. The monoisotopic (exact) mass is 579 g/mol. The number of nitrogens with one attached hydrogen (secondary N) is 1. The minimum Gasteiger partial charge on any atom is -0.463 e. The highest BCUT2D eigenvalue weighted by Gasteiger charge is 2.73. The highest BCUT2D eigenvalue weighted by Crippen LogP contribution is 2.56. The van der Waals surface area contributed by atoms with Gasteiger partial charge in [0, 0.05) is 19.5 Å². The lowest BCUT2D eigenvalue weighted by atomic mass is 9.74. The lowest BCUT2D eigenvalue weighted by Gasteiger charge is -2.38. The summed E-state index contributed by atoms with van der Waals surface area (Å²) in [5.41, 5.74) is -0.559. The van der Waals surface area contributed by atoms with Gasteiger partial charge in [0.25, 0.3) is 0 Å². The van der Waals surface area contributed by atoms with Gasteiger partial charge < -0.3 is 29.7 Å². The summed E-state index contributed by atoms with van der Waals surface area (Å²) in [7, 11) is 0. The Kier molecular flexibility index (Phi) is 9.13. The average Bonchev–Trinajstić information content (AvgIpc) is 3.64. The van der Waals surface area contributed by atoms with E-state index in [1.165, 1.54) is 4.90 Å². The zero-order chi connectivity index (χ0) is 29.9. The molecule has 2 fully saturated rings. The molecule has 2 N–H and O–H groups in total. The van der Waals surface area contributed by atoms with Crippen molar-refractivity contribution in [2.75, 3.05) is 26.3 Å². The Hall–Kier alpha value is -3.50. The van der Waals surface area contributed by atoms with E-state index in [-0.39, 0.29) is 37.4 Å². The molecule has 4 aliphatic heterocycles. The van der Waals surface area contributed by atoms with Gasteiger partial charge in [0.1, 0.15) is 18.2 Å². The van der Waals surface area contributed by atoms with Gasteiger partial charge in [-0.25, -0.2) is 0 Å². The molecule has 42 heavy (non-hydrogen) atoms. The van der Waals surface area contributed by atoms with E-state index in [1.54, 1.807) is 17.1 Å². The smallest absolute Gasteiger partial charge is 0.306 e. The Morgan fingerprint density at radius 2 is 1.88 bits per heavy atom. The first-order valence-electron chi connectivity index (χ1n) is 15.1. The maximum Gasteiger partial charge on any atom is 0.306 e. The van der Waals surface area contributed by atoms with E-state index >= 15 is 0 Å². The second kappa shape index (κ2) is 12.8. The maximum atomic E-state index is 14.4. The van der Waals surface area contributed by atoms with Crippen molar-refractivity contribution in [3.63, 3.8) is 0 Å². The van der Waals surface area contributed by atoms with E-state index in [4.69, 9.17) is 9.47 Å². The molecule has 1 aromatic carbocycles. The van der Waals surface area contributed by atoms with Crippen molar-refractivity contribution in [1.82, 2.24) is 15.1 Å². The summed E-state index contributed by atoms with van der Waals surface area (Å²) < 4.78 is 12.1. The molecule has 0 unspecified atom stereocenters. The molecule has 1 spiro atoms. The van der Waals surface area contributed by atoms with Gasteiger partial charge in [-0.1, -0.05) is 74.9 Å². The Morgan fingerprint density at radius 3 is 2.60 bits per heavy atom. The van der Waals surface area contributed by atoms with E-state index in [9.17, 15) is 24.3 Å². The van der Waals surface area contributed by atoms with Crippen molar-refractivity contribution in [1.29, 1.82) is 0 Å². The highest BCUT2D eigenvalue weighted by molar-refractivity contribution is 6.00. The molecule has 7 atom stereocenters. The van der Waals surface area contributed by atoms with E-state index in [1.807, 2.05) is 56.3 Å². The number of cyclic esters (lactones) is 1. The van der Waals surface area contributed by atoms with E-state index in [0.717, 1.165) is 18.4 Å². The van der Waals surface area contributed by atoms with Crippen LogP contribution in [-0.4, -0.2) is 88.7 Å². The fourth-order valence-electron chi connectivity index (χ4n) is 6.75. The Balaban J connectivity index is 1.57. The Morgan fingerprint density at radius 1 is 1.10 bits per heavy atom. The third kappa shape index (κ3) is 5.38. The molecule has 0 radical (unpaired) electrons. The standard InChI is InChI=1S/C32H41N3O7/c1-3-5-17-34-18-11-7-10-14-25(37)41-20-23(21-12-8-6-9-13-21)33-29(38)26-24-15-16-32(42-24)27(26)30(39)35(22(4-2)19-36)28(32)31(34)40/h6-9,11-13,15-16,22-24,26-28,36H,3-5,10,14,17-20H2,1-2H3,(H,33,38)/b11-7-/t22-,23-,24-,26+,27+,28-,32+/m0/s1. The first kappa shape index (κ1) is 30.0. The van der Waals surface area contributed by atoms with Gasteiger partial charge in [-0.3, -0.25) is 19.2 Å². The predicted molar refractivity (Wildman–Crippen MR) is 154 cm³/mol. The summed E-state index contributed by atoms with van der Waals surface area (Å²) in [5.74, 6) is -3.25. The van der Waals surface area contributed by atoms with Gasteiger partial charge >= 0.3 is 5.97 Å². The van der Waals surface area contributed by atoms with Crippen molar-refractivity contribution < 1.29 is 33.8 Å². The van der Waals surface area contributed by atoms with Crippen LogP contribution in [-0.2, 0) is 28.7 Å². The molecule has 2 saturated heterocycles. The third-order valence-corrected chi connectivity index (χ3v) is 8.95. The van der Waals surface area contributed by atoms with Gasteiger partial charge in [0.2, 0.25) is 17.7 Å². The topological polar surface area (TPSA) is 125 Å². The largest absolute Gasteiger partial charge is 0.463 e. The number of allylic oxidation sites excluding steroid dienone is 1. The molecule has 4 aliphatic rings. The highest BCUT2D eigenvalue weighted by atomic mass is 16.5. The summed E-state index contributed by atoms with van der Waals surface area (Å²) in [6.07, 6.45) is 9.29. The first-order valence-corrected chi connectivity index (χ1v) is 15.1. The normalized spacial score (nSPS) is 33.0. The zero-order valence-corrected chi connectivity index (χ0v) is 24.3. The van der Waals surface area contributed by atoms with Crippen LogP contribution in [0.4, 0.5) is 0 Å². The number of likely N-dealkylation sites (tertiary alicyclic amines) is 1. The Labute approximate surface area is 246 Å². The number of fused-ring (bicyclic) bond motifs is 2. The molecule has 3 amide bonds. The van der Waals surface area contributed by atoms with Gasteiger partial charge in [-0.15, -0.1) is 0 Å². The zero-order valence-electron chi connectivity index (χ0n) is 24.3. The number of carbonyl (C=O) groups excluding carboxylic acids is 4. The summed E-state index contributed by atoms with van der Waals surface area (Å²) >= 11 is 0. The molecule has 4 heterocycles. The summed E-state index contributed by atoms with van der Waals surface area (Å²) in [6.45, 7) is 4.32. The molecule has 0 aliphatic carbocycles. The molecule has 0 saturated carbocycles. The van der Waals surface area contributed by atoms with Gasteiger partial charge in [0.15, 0.2) is 0 Å². The van der Waals surface area contributed by atoms with Crippen molar-refractivity contribution in [3.8, 4) is 0 Å². The minimum absolute atomic E-state index is 0.0589. The Bertz CT molecular complexity index is 1230. The second-order valence-corrected chi connectivity index (χ2v) is 11.5. The molecule has 0 aromatic heterocycles. The number of esters is 1. The molecule has 226 valence electrons. The third-order valence-electron chi connectivity index (χ3n) is 8.95. The number of ether oxygens (including phenoxy) is 2. The van der Waals surface area contributed by atoms with Crippen LogP contribution in [0.25, 0.3) is 0 Å². The number of hydrogen-bond acceptors (Lipinski definition) is 7. The van der Waals surface area contributed by atoms with Crippen molar-refractivity contribution in [2.24, 2.45) is 11.8 Å². The fraction of sp³-hybridized carbons (Fsp3) is 0.562. The number of aliphatic hydroxyl groups excluding tert-OH is 1. The van der Waals surface area contributed by atoms with Crippen LogP contribution in [0.5, 0.6) is 0 Å². The maximum absolute atomic E-state index is 14.4. The molecule has 5 rings (SSSR count). The van der Waals surface area contributed by atoms with Crippen LogP contribution in [0.3, 0.4) is 0 Å². The van der Waals surface area contributed by atoms with Gasteiger partial charge in [-0.2, -0.15) is 0 Å². The number of hydrogen-bond donors (Lipinski definition) is 2. The second-order valence-electron chi connectivity index (χ2n) is 11.5. The molecule has 10 nitrogen and oxygen atoms in total. The first-order chi connectivity index (χ1) is 20.4. The van der Waals surface area contributed by atoms with E-state index in [2.05, 4.69) is 5.32 Å². The van der Waals surface area contributed by atoms with Crippen LogP contribution >= 0.6 is 0 Å². The van der Waals surface area contributed by atoms with Crippen molar-refractivity contribution >= 4 is 23.7 Å². The summed E-state index contributed by atoms with van der Waals surface area (Å²) in [5, 5.41) is 13.3. The number of aliphatic hydroxyl groups is 1. The number of amides is 3. The predicted octanol–water partition coefficient (Wildman–Crippen LogP) is 2.29. The number of nitrogens with zero attached hydrogens (tertiary/aromatic N) is 2. The van der Waals surface area contributed by atoms with Crippen LogP contribution < -0.4 is 5.32 Å². The number of benzene rings is 1. The van der Waals surface area contributed by atoms with Crippen LogP contribution in [0.15, 0.2) is 54.6 Å². The fourth-order valence-corrected chi connectivity index (χ4v) is 6.75. The number of unbranched alkanes of at least 4 members (excludes halogenated alkanes) is 1. The van der Waals surface area contributed by atoms with Gasteiger partial charge in [0.05, 0.1) is 36.6 Å². The van der Waals surface area contributed by atoms with Crippen molar-refractivity contribution in [3.05, 3.63) is 60.2 Å². The number of carbonyl (C=O) groups is 4. The molecule has 1 aromatic rings. The minimum atomic E-state index is -1.32. The molecule has 5 bridgehead atoms. The van der Waals surface area contributed by atoms with Crippen LogP contribution in [0, 0.1) is 11.8 Å². The van der Waals surface area contributed by atoms with Crippen molar-refractivity contribution in [2.45, 2.75) is 75.8 Å². The SMILES string of the molecule is CCCCN1C/C=C\CCC(=O)OC[C@@H](c2ccccc2)NC(=O)[C@@H]2[C@@H]3C=C[C@]4(O3)[C@H](C1=O)N([C@@H](CC)CO)C(=O)[C@@H]24. The van der Waals surface area contributed by atoms with Crippen LogP contribution in [0.2, 0.25) is 0 Å². The van der Waals surface area contributed by atoms with Gasteiger partial charge in [-0.05, 0) is 24.8 Å². The molecular formula is C32H41N3O7.